The van der Waals surface area contributed by atoms with Crippen LogP contribution in [0.3, 0.4) is 0 Å². The molecule has 2 fully saturated rings. The monoisotopic (exact) mass is 370 g/mol. The summed E-state index contributed by atoms with van der Waals surface area (Å²) in [5.74, 6) is -2.31. The highest BCUT2D eigenvalue weighted by Gasteiger charge is 2.59. The van der Waals surface area contributed by atoms with Crippen molar-refractivity contribution in [2.75, 3.05) is 6.61 Å². The van der Waals surface area contributed by atoms with Gasteiger partial charge >= 0.3 is 0 Å². The smallest absolute Gasteiger partial charge is 0.266 e. The Hall–Kier alpha value is -3.23. The van der Waals surface area contributed by atoms with Crippen LogP contribution in [0, 0.1) is 33.8 Å². The second-order valence-electron chi connectivity index (χ2n) is 6.79. The van der Waals surface area contributed by atoms with Gasteiger partial charge in [-0.1, -0.05) is 12.2 Å². The van der Waals surface area contributed by atoms with Crippen molar-refractivity contribution in [3.05, 3.63) is 40.0 Å². The standard InChI is InChI=1S/C18H17N3O6/c1-2-27-13-6-9(5-12(16(13)22)21(25)26)8-19-20-17(23)14-10-3-4-11(7-10)15(14)18(20)24/h3-6,8,10-11,14-15,22H,2,7H2,1H3/p-1/b19-8-/t10-,11-,14-,15-/m0/s1. The Kier molecular flexibility index (Phi) is 3.94. The van der Waals surface area contributed by atoms with Crippen LogP contribution >= 0.6 is 0 Å². The summed E-state index contributed by atoms with van der Waals surface area (Å²) in [7, 11) is 0. The molecule has 0 spiro atoms. The number of nitrogens with zero attached hydrogens (tertiary/aromatic N) is 3. The van der Waals surface area contributed by atoms with Crippen molar-refractivity contribution in [2.24, 2.45) is 28.8 Å². The van der Waals surface area contributed by atoms with Gasteiger partial charge in [0.1, 0.15) is 5.75 Å². The highest BCUT2D eigenvalue weighted by Crippen LogP contribution is 2.52. The molecule has 3 aliphatic rings. The van der Waals surface area contributed by atoms with E-state index < -0.39 is 16.4 Å². The van der Waals surface area contributed by atoms with Gasteiger partial charge in [0.2, 0.25) is 0 Å². The van der Waals surface area contributed by atoms with Crippen LogP contribution in [0.25, 0.3) is 0 Å². The first kappa shape index (κ1) is 17.2. The van der Waals surface area contributed by atoms with E-state index >= 15 is 0 Å². The predicted octanol–water partition coefficient (Wildman–Crippen LogP) is 1.21. The van der Waals surface area contributed by atoms with E-state index in [2.05, 4.69) is 5.10 Å². The molecule has 1 saturated heterocycles. The number of nitro benzene ring substituents is 1. The summed E-state index contributed by atoms with van der Waals surface area (Å²) in [6.07, 6.45) is 5.95. The van der Waals surface area contributed by atoms with Crippen LogP contribution in [0.15, 0.2) is 29.4 Å². The SMILES string of the molecule is CCOc1cc(/C=N\N2C(=O)[C@@H]3[C@@H](C2=O)[C@H]2C=C[C@H]3C2)cc([N+](=O)[O-])c1[O-]. The minimum atomic E-state index is -0.829. The van der Waals surface area contributed by atoms with E-state index in [0.717, 1.165) is 17.5 Å². The van der Waals surface area contributed by atoms with Gasteiger partial charge in [-0.25, -0.2) is 0 Å². The molecular formula is C18H16N3O6-. The van der Waals surface area contributed by atoms with Crippen molar-refractivity contribution < 1.29 is 24.4 Å². The zero-order chi connectivity index (χ0) is 19.3. The second-order valence-corrected chi connectivity index (χ2v) is 6.79. The Bertz CT molecular complexity index is 879. The van der Waals surface area contributed by atoms with Crippen molar-refractivity contribution in [2.45, 2.75) is 13.3 Å². The van der Waals surface area contributed by atoms with E-state index in [1.54, 1.807) is 6.92 Å². The summed E-state index contributed by atoms with van der Waals surface area (Å²) in [5.41, 5.74) is -0.455. The van der Waals surface area contributed by atoms with Crippen LogP contribution in [0.4, 0.5) is 5.69 Å². The average Bonchev–Trinajstić information content (AvgIpc) is 3.30. The van der Waals surface area contributed by atoms with Gasteiger partial charge in [-0.2, -0.15) is 10.1 Å². The molecule has 1 aromatic rings. The molecule has 2 bridgehead atoms. The van der Waals surface area contributed by atoms with Gasteiger partial charge < -0.3 is 9.84 Å². The Morgan fingerprint density at radius 3 is 2.44 bits per heavy atom. The number of ether oxygens (including phenoxy) is 1. The molecule has 140 valence electrons. The van der Waals surface area contributed by atoms with Crippen LogP contribution < -0.4 is 9.84 Å². The Labute approximate surface area is 154 Å². The number of carbonyl (C=O) groups is 2. The maximum absolute atomic E-state index is 12.6. The fraction of sp³-hybridized carbons (Fsp3) is 0.389. The molecule has 2 amide bonds. The number of hydrogen-bond acceptors (Lipinski definition) is 7. The van der Waals surface area contributed by atoms with Crippen LogP contribution in [0.2, 0.25) is 0 Å². The van der Waals surface area contributed by atoms with Crippen molar-refractivity contribution in [1.82, 2.24) is 5.01 Å². The topological polar surface area (TPSA) is 125 Å². The lowest BCUT2D eigenvalue weighted by atomic mass is 9.85. The van der Waals surface area contributed by atoms with Crippen molar-refractivity contribution in [3.8, 4) is 11.5 Å². The number of nitro groups is 1. The van der Waals surface area contributed by atoms with Gasteiger partial charge in [-0.05, 0) is 31.2 Å². The normalized spacial score (nSPS) is 28.4. The van der Waals surface area contributed by atoms with Crippen LogP contribution in [-0.2, 0) is 9.59 Å². The van der Waals surface area contributed by atoms with Gasteiger partial charge in [0.05, 0.1) is 29.6 Å². The molecule has 2 aliphatic carbocycles. The molecule has 1 heterocycles. The third-order valence-electron chi connectivity index (χ3n) is 5.32. The second kappa shape index (κ2) is 6.19. The lowest BCUT2D eigenvalue weighted by Gasteiger charge is -2.15. The highest BCUT2D eigenvalue weighted by molar-refractivity contribution is 6.06. The first-order valence-corrected chi connectivity index (χ1v) is 8.64. The number of hydrogen-bond donors (Lipinski definition) is 0. The number of amides is 2. The van der Waals surface area contributed by atoms with E-state index in [0.29, 0.717) is 0 Å². The average molecular weight is 370 g/mol. The molecule has 1 aliphatic heterocycles. The fourth-order valence-corrected chi connectivity index (χ4v) is 4.21. The van der Waals surface area contributed by atoms with E-state index in [9.17, 15) is 24.8 Å². The van der Waals surface area contributed by atoms with Crippen molar-refractivity contribution >= 4 is 23.7 Å². The van der Waals surface area contributed by atoms with E-state index in [4.69, 9.17) is 4.74 Å². The van der Waals surface area contributed by atoms with Crippen LogP contribution in [0.1, 0.15) is 18.9 Å². The minimum Gasteiger partial charge on any atom is -0.865 e. The van der Waals surface area contributed by atoms with Gasteiger partial charge in [-0.15, -0.1) is 0 Å². The van der Waals surface area contributed by atoms with E-state index in [1.165, 1.54) is 12.3 Å². The Balaban J connectivity index is 1.63. The van der Waals surface area contributed by atoms with Crippen molar-refractivity contribution in [3.63, 3.8) is 0 Å². The number of allylic oxidation sites excluding steroid dienone is 2. The number of benzene rings is 1. The molecule has 4 atom stereocenters. The largest absolute Gasteiger partial charge is 0.865 e. The van der Waals surface area contributed by atoms with Crippen LogP contribution in [-0.4, -0.2) is 34.6 Å². The zero-order valence-corrected chi connectivity index (χ0v) is 14.4. The quantitative estimate of drug-likeness (QED) is 0.252. The molecule has 4 rings (SSSR count). The van der Waals surface area contributed by atoms with Gasteiger partial charge in [0.15, 0.2) is 0 Å². The maximum atomic E-state index is 12.6. The lowest BCUT2D eigenvalue weighted by Crippen LogP contribution is -2.28. The number of fused-ring (bicyclic) bond motifs is 5. The van der Waals surface area contributed by atoms with Crippen molar-refractivity contribution in [1.29, 1.82) is 0 Å². The lowest BCUT2D eigenvalue weighted by molar-refractivity contribution is -0.398. The molecule has 9 nitrogen and oxygen atoms in total. The third kappa shape index (κ3) is 2.57. The summed E-state index contributed by atoms with van der Waals surface area (Å²) in [6, 6.07) is 2.35. The highest BCUT2D eigenvalue weighted by atomic mass is 16.6. The molecule has 0 radical (unpaired) electrons. The Morgan fingerprint density at radius 1 is 1.26 bits per heavy atom. The Morgan fingerprint density at radius 2 is 1.89 bits per heavy atom. The third-order valence-corrected chi connectivity index (χ3v) is 5.32. The van der Waals surface area contributed by atoms with Gasteiger partial charge in [0.25, 0.3) is 17.5 Å². The molecule has 0 N–H and O–H groups in total. The molecule has 27 heavy (non-hydrogen) atoms. The van der Waals surface area contributed by atoms with Gasteiger partial charge in [-0.3, -0.25) is 19.7 Å². The van der Waals surface area contributed by atoms with Gasteiger partial charge in [0, 0.05) is 17.4 Å². The molecule has 0 aromatic heterocycles. The molecular weight excluding hydrogens is 354 g/mol. The number of hydrazone groups is 1. The number of rotatable bonds is 5. The molecule has 1 saturated carbocycles. The summed E-state index contributed by atoms with van der Waals surface area (Å²) in [4.78, 5) is 35.4. The van der Waals surface area contributed by atoms with E-state index in [-0.39, 0.29) is 53.4 Å². The fourth-order valence-electron chi connectivity index (χ4n) is 4.21. The summed E-state index contributed by atoms with van der Waals surface area (Å²) in [5, 5.41) is 27.9. The molecule has 1 aromatic carbocycles. The summed E-state index contributed by atoms with van der Waals surface area (Å²) >= 11 is 0. The summed E-state index contributed by atoms with van der Waals surface area (Å²) < 4.78 is 5.14. The maximum Gasteiger partial charge on any atom is 0.266 e. The minimum absolute atomic E-state index is 0.0713. The van der Waals surface area contributed by atoms with E-state index in [1.807, 2.05) is 12.2 Å². The zero-order valence-electron chi connectivity index (χ0n) is 14.4. The number of carbonyl (C=O) groups excluding carboxylic acids is 2. The first-order chi connectivity index (χ1) is 12.9. The summed E-state index contributed by atoms with van der Waals surface area (Å²) in [6.45, 7) is 1.81. The van der Waals surface area contributed by atoms with Crippen LogP contribution in [0.5, 0.6) is 11.5 Å². The first-order valence-electron chi connectivity index (χ1n) is 8.64. The number of imide groups is 1. The molecule has 0 unspecified atom stereocenters. The predicted molar refractivity (Wildman–Crippen MR) is 90.9 cm³/mol. The molecule has 9 heteroatoms.